The fraction of sp³-hybridized carbons (Fsp3) is 0.333. The Labute approximate surface area is 76.5 Å². The molecule has 0 amide bonds. The van der Waals surface area contributed by atoms with Gasteiger partial charge in [0.1, 0.15) is 12.0 Å². The highest BCUT2D eigenvalue weighted by atomic mass is 16.5. The summed E-state index contributed by atoms with van der Waals surface area (Å²) in [5.74, 6) is 1.09. The summed E-state index contributed by atoms with van der Waals surface area (Å²) in [5.41, 5.74) is 0.782. The lowest BCUT2D eigenvalue weighted by Crippen LogP contribution is -1.96. The lowest BCUT2D eigenvalue weighted by molar-refractivity contribution is -0.107. The van der Waals surface area contributed by atoms with Crippen LogP contribution in [0.25, 0.3) is 0 Å². The van der Waals surface area contributed by atoms with Crippen molar-refractivity contribution in [2.75, 3.05) is 14.2 Å². The third kappa shape index (κ3) is 2.18. The fourth-order valence-corrected chi connectivity index (χ4v) is 1.01. The van der Waals surface area contributed by atoms with Crippen molar-refractivity contribution < 1.29 is 14.3 Å². The summed E-state index contributed by atoms with van der Waals surface area (Å²) in [7, 11) is 3.07. The van der Waals surface area contributed by atoms with Gasteiger partial charge in [-0.1, -0.05) is 0 Å². The molecular formula is C9H11NO3. The molecule has 13 heavy (non-hydrogen) atoms. The Morgan fingerprint density at radius 3 is 2.77 bits per heavy atom. The molecule has 0 saturated heterocycles. The highest BCUT2D eigenvalue weighted by molar-refractivity contribution is 5.57. The number of carbonyl (C=O) groups excluding carboxylic acids is 1. The van der Waals surface area contributed by atoms with E-state index >= 15 is 0 Å². The molecule has 4 heteroatoms. The molecule has 4 nitrogen and oxygen atoms in total. The van der Waals surface area contributed by atoms with Gasteiger partial charge in [-0.15, -0.1) is 0 Å². The van der Waals surface area contributed by atoms with E-state index < -0.39 is 0 Å². The van der Waals surface area contributed by atoms with Crippen LogP contribution in [-0.2, 0) is 11.2 Å². The normalized spacial score (nSPS) is 9.38. The van der Waals surface area contributed by atoms with Crippen molar-refractivity contribution in [3.05, 3.63) is 17.8 Å². The van der Waals surface area contributed by atoms with Crippen molar-refractivity contribution >= 4 is 6.29 Å². The molecule has 0 aliphatic rings. The second-order valence-electron chi connectivity index (χ2n) is 2.41. The molecule has 0 radical (unpaired) electrons. The van der Waals surface area contributed by atoms with Gasteiger partial charge in [-0.25, -0.2) is 4.98 Å². The van der Waals surface area contributed by atoms with E-state index in [0.29, 0.717) is 18.1 Å². The van der Waals surface area contributed by atoms with Crippen molar-refractivity contribution in [3.63, 3.8) is 0 Å². The first-order valence-electron chi connectivity index (χ1n) is 3.82. The van der Waals surface area contributed by atoms with Crippen LogP contribution in [-0.4, -0.2) is 25.5 Å². The zero-order valence-corrected chi connectivity index (χ0v) is 7.61. The van der Waals surface area contributed by atoms with Gasteiger partial charge < -0.3 is 14.3 Å². The SMILES string of the molecule is COc1cc(CC=O)c(OC)cn1. The van der Waals surface area contributed by atoms with Gasteiger partial charge in [0.15, 0.2) is 0 Å². The Bertz CT molecular complexity index is 299. The van der Waals surface area contributed by atoms with E-state index in [1.807, 2.05) is 0 Å². The van der Waals surface area contributed by atoms with Crippen molar-refractivity contribution in [1.82, 2.24) is 4.98 Å². The second kappa shape index (κ2) is 4.45. The largest absolute Gasteiger partial charge is 0.495 e. The van der Waals surface area contributed by atoms with E-state index in [0.717, 1.165) is 11.8 Å². The predicted molar refractivity (Wildman–Crippen MR) is 47.1 cm³/mol. The van der Waals surface area contributed by atoms with Crippen molar-refractivity contribution in [2.45, 2.75) is 6.42 Å². The van der Waals surface area contributed by atoms with E-state index in [2.05, 4.69) is 4.98 Å². The molecule has 0 unspecified atom stereocenters. The first-order chi connectivity index (χ1) is 6.31. The third-order valence-electron chi connectivity index (χ3n) is 1.66. The molecule has 0 aliphatic heterocycles. The molecule has 0 aromatic carbocycles. The van der Waals surface area contributed by atoms with Crippen LogP contribution in [0.4, 0.5) is 0 Å². The average molecular weight is 181 g/mol. The molecule has 0 atom stereocenters. The van der Waals surface area contributed by atoms with Crippen LogP contribution in [0.1, 0.15) is 5.56 Å². The molecule has 1 rings (SSSR count). The Hall–Kier alpha value is -1.58. The number of aldehydes is 1. The van der Waals surface area contributed by atoms with Crippen LogP contribution in [0.15, 0.2) is 12.3 Å². The molecule has 0 aliphatic carbocycles. The minimum absolute atomic E-state index is 0.308. The van der Waals surface area contributed by atoms with Gasteiger partial charge >= 0.3 is 0 Å². The van der Waals surface area contributed by atoms with E-state index in [-0.39, 0.29) is 0 Å². The van der Waals surface area contributed by atoms with Gasteiger partial charge in [0, 0.05) is 18.1 Å². The van der Waals surface area contributed by atoms with Crippen LogP contribution in [0, 0.1) is 0 Å². The van der Waals surface area contributed by atoms with Crippen molar-refractivity contribution in [1.29, 1.82) is 0 Å². The summed E-state index contributed by atoms with van der Waals surface area (Å²) >= 11 is 0. The Morgan fingerprint density at radius 2 is 2.23 bits per heavy atom. The highest BCUT2D eigenvalue weighted by Gasteiger charge is 2.04. The third-order valence-corrected chi connectivity index (χ3v) is 1.66. The summed E-state index contributed by atoms with van der Waals surface area (Å²) in [6.07, 6.45) is 2.66. The standard InChI is InChI=1S/C9H11NO3/c1-12-8-6-10-9(13-2)5-7(8)3-4-11/h4-6H,3H2,1-2H3. The summed E-state index contributed by atoms with van der Waals surface area (Å²) in [5, 5.41) is 0. The zero-order chi connectivity index (χ0) is 9.68. The van der Waals surface area contributed by atoms with Crippen LogP contribution in [0.5, 0.6) is 11.6 Å². The quantitative estimate of drug-likeness (QED) is 0.646. The van der Waals surface area contributed by atoms with Gasteiger partial charge in [-0.3, -0.25) is 0 Å². The number of nitrogens with zero attached hydrogens (tertiary/aromatic N) is 1. The van der Waals surface area contributed by atoms with Gasteiger partial charge in [-0.2, -0.15) is 0 Å². The summed E-state index contributed by atoms with van der Waals surface area (Å²) in [6, 6.07) is 1.69. The number of hydrogen-bond acceptors (Lipinski definition) is 4. The molecule has 0 bridgehead atoms. The Morgan fingerprint density at radius 1 is 1.46 bits per heavy atom. The zero-order valence-electron chi connectivity index (χ0n) is 7.61. The van der Waals surface area contributed by atoms with Gasteiger partial charge in [0.05, 0.1) is 20.4 Å². The van der Waals surface area contributed by atoms with Crippen LogP contribution >= 0.6 is 0 Å². The monoisotopic (exact) mass is 181 g/mol. The first-order valence-corrected chi connectivity index (χ1v) is 3.82. The number of carbonyl (C=O) groups is 1. The van der Waals surface area contributed by atoms with E-state index in [1.54, 1.807) is 6.07 Å². The lowest BCUT2D eigenvalue weighted by atomic mass is 10.2. The first kappa shape index (κ1) is 9.51. The predicted octanol–water partition coefficient (Wildman–Crippen LogP) is 0.840. The summed E-state index contributed by atoms with van der Waals surface area (Å²) in [6.45, 7) is 0. The molecule has 0 saturated carbocycles. The maximum Gasteiger partial charge on any atom is 0.213 e. The topological polar surface area (TPSA) is 48.4 Å². The van der Waals surface area contributed by atoms with E-state index in [9.17, 15) is 4.79 Å². The van der Waals surface area contributed by atoms with Gasteiger partial charge in [0.2, 0.25) is 5.88 Å². The van der Waals surface area contributed by atoms with Gasteiger partial charge in [-0.05, 0) is 0 Å². The average Bonchev–Trinajstić information content (AvgIpc) is 2.18. The maximum atomic E-state index is 10.3. The molecule has 1 aromatic heterocycles. The number of pyridine rings is 1. The van der Waals surface area contributed by atoms with Crippen molar-refractivity contribution in [2.24, 2.45) is 0 Å². The van der Waals surface area contributed by atoms with Gasteiger partial charge in [0.25, 0.3) is 0 Å². The Kier molecular flexibility index (Phi) is 3.25. The van der Waals surface area contributed by atoms with E-state index in [4.69, 9.17) is 9.47 Å². The molecular weight excluding hydrogens is 170 g/mol. The van der Waals surface area contributed by atoms with Crippen LogP contribution in [0.3, 0.4) is 0 Å². The lowest BCUT2D eigenvalue weighted by Gasteiger charge is -2.06. The number of rotatable bonds is 4. The number of aromatic nitrogens is 1. The van der Waals surface area contributed by atoms with Crippen molar-refractivity contribution in [3.8, 4) is 11.6 Å². The Balaban J connectivity index is 3.01. The number of ether oxygens (including phenoxy) is 2. The molecule has 0 N–H and O–H groups in total. The molecule has 1 aromatic rings. The van der Waals surface area contributed by atoms with E-state index in [1.165, 1.54) is 20.4 Å². The fourth-order valence-electron chi connectivity index (χ4n) is 1.01. The summed E-state index contributed by atoms with van der Waals surface area (Å²) < 4.78 is 9.94. The molecule has 1 heterocycles. The molecule has 70 valence electrons. The maximum absolute atomic E-state index is 10.3. The minimum atomic E-state index is 0.308. The summed E-state index contributed by atoms with van der Waals surface area (Å²) in [4.78, 5) is 14.3. The second-order valence-corrected chi connectivity index (χ2v) is 2.41. The molecule has 0 fully saturated rings. The molecule has 0 spiro atoms. The minimum Gasteiger partial charge on any atom is -0.495 e. The smallest absolute Gasteiger partial charge is 0.213 e. The number of hydrogen-bond donors (Lipinski definition) is 0. The van der Waals surface area contributed by atoms with Crippen LogP contribution < -0.4 is 9.47 Å². The highest BCUT2D eigenvalue weighted by Crippen LogP contribution is 2.20. The van der Waals surface area contributed by atoms with Crippen LogP contribution in [0.2, 0.25) is 0 Å². The number of methoxy groups -OCH3 is 2.